The van der Waals surface area contributed by atoms with Crippen molar-refractivity contribution in [2.45, 2.75) is 38.6 Å². The molecule has 1 N–H and O–H groups in total. The van der Waals surface area contributed by atoms with Crippen molar-refractivity contribution in [1.82, 2.24) is 5.32 Å². The summed E-state index contributed by atoms with van der Waals surface area (Å²) in [6, 6.07) is 6.64. The van der Waals surface area contributed by atoms with Crippen molar-refractivity contribution >= 4 is 0 Å². The van der Waals surface area contributed by atoms with Crippen LogP contribution in [0.1, 0.15) is 44.2 Å². The third-order valence-corrected chi connectivity index (χ3v) is 5.42. The predicted molar refractivity (Wildman–Crippen MR) is 84.9 cm³/mol. The van der Waals surface area contributed by atoms with Crippen LogP contribution in [-0.4, -0.2) is 20.8 Å². The van der Waals surface area contributed by atoms with Crippen LogP contribution in [0, 0.1) is 17.8 Å². The molecule has 4 unspecified atom stereocenters. The van der Waals surface area contributed by atoms with Gasteiger partial charge in [0.05, 0.1) is 14.2 Å². The molecule has 21 heavy (non-hydrogen) atoms. The van der Waals surface area contributed by atoms with Crippen LogP contribution in [0.2, 0.25) is 0 Å². The highest BCUT2D eigenvalue weighted by Crippen LogP contribution is 2.53. The van der Waals surface area contributed by atoms with Gasteiger partial charge in [-0.25, -0.2) is 0 Å². The Morgan fingerprint density at radius 1 is 1.19 bits per heavy atom. The van der Waals surface area contributed by atoms with Crippen LogP contribution in [0.5, 0.6) is 11.5 Å². The summed E-state index contributed by atoms with van der Waals surface area (Å²) in [5, 5.41) is 3.72. The largest absolute Gasteiger partial charge is 0.497 e. The first kappa shape index (κ1) is 14.7. The van der Waals surface area contributed by atoms with Gasteiger partial charge in [0.15, 0.2) is 0 Å². The smallest absolute Gasteiger partial charge is 0.127 e. The Kier molecular flexibility index (Phi) is 4.39. The zero-order chi connectivity index (χ0) is 14.8. The monoisotopic (exact) mass is 289 g/mol. The molecule has 3 nitrogen and oxygen atoms in total. The summed E-state index contributed by atoms with van der Waals surface area (Å²) >= 11 is 0. The number of nitrogens with one attached hydrogen (secondary N) is 1. The average molecular weight is 289 g/mol. The maximum absolute atomic E-state index is 5.63. The van der Waals surface area contributed by atoms with Gasteiger partial charge in [0.2, 0.25) is 0 Å². The fraction of sp³-hybridized carbons (Fsp3) is 0.667. The molecule has 2 aliphatic carbocycles. The average Bonchev–Trinajstić information content (AvgIpc) is 3.15. The van der Waals surface area contributed by atoms with E-state index in [0.717, 1.165) is 35.8 Å². The van der Waals surface area contributed by atoms with Crippen molar-refractivity contribution in [1.29, 1.82) is 0 Å². The molecular formula is C18H27NO2. The minimum Gasteiger partial charge on any atom is -0.497 e. The molecule has 2 saturated carbocycles. The van der Waals surface area contributed by atoms with E-state index >= 15 is 0 Å². The lowest BCUT2D eigenvalue weighted by atomic mass is 9.80. The predicted octanol–water partition coefficient (Wildman–Crippen LogP) is 3.79. The molecule has 2 aliphatic rings. The van der Waals surface area contributed by atoms with Crippen LogP contribution in [-0.2, 0) is 0 Å². The molecule has 3 rings (SSSR count). The molecule has 0 spiro atoms. The van der Waals surface area contributed by atoms with E-state index in [9.17, 15) is 0 Å². The van der Waals surface area contributed by atoms with Crippen molar-refractivity contribution in [3.63, 3.8) is 0 Å². The molecule has 0 aromatic heterocycles. The van der Waals surface area contributed by atoms with Crippen molar-refractivity contribution in [3.8, 4) is 11.5 Å². The number of hydrogen-bond acceptors (Lipinski definition) is 3. The van der Waals surface area contributed by atoms with Crippen molar-refractivity contribution in [3.05, 3.63) is 23.8 Å². The number of methoxy groups -OCH3 is 2. The topological polar surface area (TPSA) is 30.5 Å². The van der Waals surface area contributed by atoms with Crippen LogP contribution >= 0.6 is 0 Å². The summed E-state index contributed by atoms with van der Waals surface area (Å²) < 4.78 is 11.0. The van der Waals surface area contributed by atoms with E-state index in [4.69, 9.17) is 9.47 Å². The molecule has 0 amide bonds. The number of fused-ring (bicyclic) bond motifs is 2. The second kappa shape index (κ2) is 6.27. The molecule has 3 heteroatoms. The molecule has 2 fully saturated rings. The number of hydrogen-bond donors (Lipinski definition) is 1. The zero-order valence-corrected chi connectivity index (χ0v) is 13.4. The summed E-state index contributed by atoms with van der Waals surface area (Å²) in [6.45, 7) is 3.18. The van der Waals surface area contributed by atoms with Crippen molar-refractivity contribution in [2.24, 2.45) is 17.8 Å². The first-order valence-corrected chi connectivity index (χ1v) is 8.22. The maximum Gasteiger partial charge on any atom is 0.127 e. The highest BCUT2D eigenvalue weighted by Gasteiger charge is 2.43. The Morgan fingerprint density at radius 3 is 2.62 bits per heavy atom. The highest BCUT2D eigenvalue weighted by molar-refractivity contribution is 5.43. The number of ether oxygens (including phenoxy) is 2. The van der Waals surface area contributed by atoms with Gasteiger partial charge >= 0.3 is 0 Å². The van der Waals surface area contributed by atoms with Crippen molar-refractivity contribution < 1.29 is 9.47 Å². The molecule has 0 saturated heterocycles. The standard InChI is InChI=1S/C18H27NO2/c1-4-19-18(16-10-12-5-6-13(16)9-12)15-8-7-14(20-2)11-17(15)21-3/h7-8,11-13,16,18-19H,4-6,9-10H2,1-3H3. The molecule has 4 atom stereocenters. The van der Waals surface area contributed by atoms with Crippen LogP contribution < -0.4 is 14.8 Å². The van der Waals surface area contributed by atoms with Gasteiger partial charge in [-0.2, -0.15) is 0 Å². The molecule has 1 aromatic carbocycles. The Balaban J connectivity index is 1.90. The molecule has 0 aliphatic heterocycles. The molecule has 0 radical (unpaired) electrons. The van der Waals surface area contributed by atoms with Gasteiger partial charge < -0.3 is 14.8 Å². The molecular weight excluding hydrogens is 262 g/mol. The lowest BCUT2D eigenvalue weighted by Gasteiger charge is -2.32. The van der Waals surface area contributed by atoms with Crippen LogP contribution in [0.25, 0.3) is 0 Å². The van der Waals surface area contributed by atoms with Gasteiger partial charge in [-0.3, -0.25) is 0 Å². The SMILES string of the molecule is CCNC(c1ccc(OC)cc1OC)C1CC2CCC1C2. The highest BCUT2D eigenvalue weighted by atomic mass is 16.5. The Bertz CT molecular complexity index is 488. The van der Waals surface area contributed by atoms with E-state index in [-0.39, 0.29) is 0 Å². The van der Waals surface area contributed by atoms with E-state index in [0.29, 0.717) is 6.04 Å². The molecule has 1 aromatic rings. The van der Waals surface area contributed by atoms with Crippen LogP contribution in [0.3, 0.4) is 0 Å². The van der Waals surface area contributed by atoms with E-state index in [1.807, 2.05) is 6.07 Å². The van der Waals surface area contributed by atoms with Gasteiger partial charge in [0, 0.05) is 17.7 Å². The lowest BCUT2D eigenvalue weighted by molar-refractivity contribution is 0.248. The van der Waals surface area contributed by atoms with E-state index < -0.39 is 0 Å². The summed E-state index contributed by atoms with van der Waals surface area (Å²) in [4.78, 5) is 0. The molecule has 2 bridgehead atoms. The number of rotatable bonds is 6. The second-order valence-electron chi connectivity index (χ2n) is 6.48. The third-order valence-electron chi connectivity index (χ3n) is 5.42. The Morgan fingerprint density at radius 2 is 2.05 bits per heavy atom. The second-order valence-corrected chi connectivity index (χ2v) is 6.48. The Hall–Kier alpha value is -1.22. The van der Waals surface area contributed by atoms with Gasteiger partial charge in [-0.05, 0) is 49.6 Å². The molecule has 0 heterocycles. The normalized spacial score (nSPS) is 28.6. The molecule has 116 valence electrons. The van der Waals surface area contributed by atoms with E-state index in [1.54, 1.807) is 14.2 Å². The van der Waals surface area contributed by atoms with Gasteiger partial charge in [-0.1, -0.05) is 19.4 Å². The summed E-state index contributed by atoms with van der Waals surface area (Å²) in [5.74, 6) is 4.42. The van der Waals surface area contributed by atoms with Crippen molar-refractivity contribution in [2.75, 3.05) is 20.8 Å². The summed E-state index contributed by atoms with van der Waals surface area (Å²) in [6.07, 6.45) is 5.66. The Labute approximate surface area is 128 Å². The summed E-state index contributed by atoms with van der Waals surface area (Å²) in [5.41, 5.74) is 1.29. The first-order valence-electron chi connectivity index (χ1n) is 8.22. The third kappa shape index (κ3) is 2.76. The van der Waals surface area contributed by atoms with Crippen LogP contribution in [0.4, 0.5) is 0 Å². The van der Waals surface area contributed by atoms with E-state index in [1.165, 1.54) is 31.2 Å². The first-order chi connectivity index (χ1) is 10.3. The number of benzene rings is 1. The van der Waals surface area contributed by atoms with E-state index in [2.05, 4.69) is 24.4 Å². The maximum atomic E-state index is 5.63. The van der Waals surface area contributed by atoms with Gasteiger partial charge in [0.25, 0.3) is 0 Å². The minimum atomic E-state index is 0.408. The quantitative estimate of drug-likeness (QED) is 0.864. The van der Waals surface area contributed by atoms with Gasteiger partial charge in [0.1, 0.15) is 11.5 Å². The van der Waals surface area contributed by atoms with Crippen LogP contribution in [0.15, 0.2) is 18.2 Å². The fourth-order valence-corrected chi connectivity index (χ4v) is 4.49. The minimum absolute atomic E-state index is 0.408. The zero-order valence-electron chi connectivity index (χ0n) is 13.4. The fourth-order valence-electron chi connectivity index (χ4n) is 4.49. The summed E-state index contributed by atoms with van der Waals surface area (Å²) in [7, 11) is 3.45. The van der Waals surface area contributed by atoms with Gasteiger partial charge in [-0.15, -0.1) is 0 Å². The lowest BCUT2D eigenvalue weighted by Crippen LogP contribution is -2.31.